The fourth-order valence-electron chi connectivity index (χ4n) is 2.23. The van der Waals surface area contributed by atoms with Crippen LogP contribution in [0.2, 0.25) is 0 Å². The molecule has 0 aromatic heterocycles. The van der Waals surface area contributed by atoms with Crippen molar-refractivity contribution in [2.45, 2.75) is 25.0 Å². The summed E-state index contributed by atoms with van der Waals surface area (Å²) in [6.07, 6.45) is 0.405. The normalized spacial score (nSPS) is 22.3. The second-order valence-corrected chi connectivity index (χ2v) is 8.55. The molecule has 0 N–H and O–H groups in total. The first-order valence-electron chi connectivity index (χ1n) is 6.29. The van der Waals surface area contributed by atoms with E-state index in [1.165, 1.54) is 0 Å². The van der Waals surface area contributed by atoms with Crippen LogP contribution in [0, 0.1) is 0 Å². The monoisotopic (exact) mass is 343 g/mol. The third kappa shape index (κ3) is 3.66. The minimum absolute atomic E-state index is 0.114. The molecule has 1 amide bonds. The van der Waals surface area contributed by atoms with Crippen LogP contribution in [-0.4, -0.2) is 38.6 Å². The van der Waals surface area contributed by atoms with Gasteiger partial charge in [-0.2, -0.15) is 0 Å². The van der Waals surface area contributed by atoms with Gasteiger partial charge in [-0.1, -0.05) is 28.1 Å². The number of hydrogen-bond acceptors (Lipinski definition) is 2. The van der Waals surface area contributed by atoms with E-state index in [1.54, 1.807) is 0 Å². The average molecular weight is 344 g/mol. The van der Waals surface area contributed by atoms with Crippen LogP contribution in [0.25, 0.3) is 0 Å². The zero-order valence-corrected chi connectivity index (χ0v) is 13.6. The largest absolute Gasteiger partial charge is 0.340 e. The van der Waals surface area contributed by atoms with E-state index < -0.39 is 10.8 Å². The fraction of sp³-hybridized carbons (Fsp3) is 0.500. The Kier molecular flexibility index (Phi) is 4.46. The van der Waals surface area contributed by atoms with Crippen molar-refractivity contribution in [1.29, 1.82) is 0 Å². The number of hydrogen-bond donors (Lipinski definition) is 0. The predicted octanol–water partition coefficient (Wildman–Crippen LogP) is 2.36. The second kappa shape index (κ2) is 5.75. The molecule has 0 aliphatic carbocycles. The summed E-state index contributed by atoms with van der Waals surface area (Å²) in [4.78, 5) is 14.1. The van der Waals surface area contributed by atoms with E-state index in [2.05, 4.69) is 15.9 Å². The van der Waals surface area contributed by atoms with Gasteiger partial charge in [-0.3, -0.25) is 9.00 Å². The molecule has 19 heavy (non-hydrogen) atoms. The van der Waals surface area contributed by atoms with Crippen molar-refractivity contribution in [3.05, 3.63) is 34.3 Å². The highest BCUT2D eigenvalue weighted by Gasteiger charge is 2.34. The van der Waals surface area contributed by atoms with Crippen molar-refractivity contribution in [2.24, 2.45) is 0 Å². The van der Waals surface area contributed by atoms with Gasteiger partial charge in [0, 0.05) is 34.1 Å². The number of rotatable bonds is 2. The number of nitrogens with zero attached hydrogens (tertiary/aromatic N) is 1. The van der Waals surface area contributed by atoms with Gasteiger partial charge in [0.1, 0.15) is 0 Å². The maximum atomic E-state index is 12.3. The molecule has 104 valence electrons. The SMILES string of the molecule is CC1(C)CN(C(=O)Cc2cccc(Br)c2)CCS1=O. The van der Waals surface area contributed by atoms with Crippen LogP contribution < -0.4 is 0 Å². The lowest BCUT2D eigenvalue weighted by molar-refractivity contribution is -0.130. The zero-order chi connectivity index (χ0) is 14.0. The molecule has 1 heterocycles. The number of halogens is 1. The van der Waals surface area contributed by atoms with Gasteiger partial charge in [0.2, 0.25) is 5.91 Å². The van der Waals surface area contributed by atoms with Crippen LogP contribution in [0.15, 0.2) is 28.7 Å². The summed E-state index contributed by atoms with van der Waals surface area (Å²) in [6.45, 7) is 5.10. The Bertz CT molecular complexity index is 516. The Morgan fingerprint density at radius 3 is 2.84 bits per heavy atom. The molecule has 1 aromatic rings. The van der Waals surface area contributed by atoms with Gasteiger partial charge in [-0.15, -0.1) is 0 Å². The topological polar surface area (TPSA) is 37.4 Å². The lowest BCUT2D eigenvalue weighted by Crippen LogP contribution is -2.52. The number of carbonyl (C=O) groups is 1. The molecule has 0 bridgehead atoms. The van der Waals surface area contributed by atoms with E-state index in [-0.39, 0.29) is 10.7 Å². The standard InChI is InChI=1S/C14H18BrNO2S/c1-14(2)10-16(6-7-19(14)18)13(17)9-11-4-3-5-12(15)8-11/h3-5,8H,6-7,9-10H2,1-2H3. The Morgan fingerprint density at radius 2 is 2.21 bits per heavy atom. The molecule has 1 fully saturated rings. The van der Waals surface area contributed by atoms with Crippen LogP contribution >= 0.6 is 15.9 Å². The molecule has 1 saturated heterocycles. The first kappa shape index (κ1) is 14.7. The van der Waals surface area contributed by atoms with Crippen LogP contribution in [0.4, 0.5) is 0 Å². The molecular weight excluding hydrogens is 326 g/mol. The maximum Gasteiger partial charge on any atom is 0.227 e. The Hall–Kier alpha value is -0.680. The van der Waals surface area contributed by atoms with Crippen LogP contribution in [0.1, 0.15) is 19.4 Å². The molecule has 0 saturated carbocycles. The van der Waals surface area contributed by atoms with E-state index >= 15 is 0 Å². The van der Waals surface area contributed by atoms with Gasteiger partial charge >= 0.3 is 0 Å². The molecule has 0 radical (unpaired) electrons. The van der Waals surface area contributed by atoms with Crippen molar-refractivity contribution < 1.29 is 9.00 Å². The summed E-state index contributed by atoms with van der Waals surface area (Å²) in [5.41, 5.74) is 1.00. The summed E-state index contributed by atoms with van der Waals surface area (Å²) in [5, 5.41) is 0. The molecule has 5 heteroatoms. The highest BCUT2D eigenvalue weighted by Crippen LogP contribution is 2.21. The zero-order valence-electron chi connectivity index (χ0n) is 11.2. The van der Waals surface area contributed by atoms with E-state index in [1.807, 2.05) is 43.0 Å². The third-order valence-electron chi connectivity index (χ3n) is 3.33. The summed E-state index contributed by atoms with van der Waals surface area (Å²) in [7, 11) is -0.839. The van der Waals surface area contributed by atoms with E-state index in [4.69, 9.17) is 0 Å². The highest BCUT2D eigenvalue weighted by molar-refractivity contribution is 9.10. The fourth-order valence-corrected chi connectivity index (χ4v) is 3.91. The molecule has 1 aromatic carbocycles. The van der Waals surface area contributed by atoms with E-state index in [0.717, 1.165) is 10.0 Å². The lowest BCUT2D eigenvalue weighted by atomic mass is 10.1. The van der Waals surface area contributed by atoms with E-state index in [0.29, 0.717) is 25.3 Å². The number of amides is 1. The summed E-state index contributed by atoms with van der Waals surface area (Å²) in [6, 6.07) is 7.80. The highest BCUT2D eigenvalue weighted by atomic mass is 79.9. The Labute approximate surface area is 125 Å². The van der Waals surface area contributed by atoms with Gasteiger partial charge in [0.05, 0.1) is 11.2 Å². The van der Waals surface area contributed by atoms with Crippen molar-refractivity contribution in [3.63, 3.8) is 0 Å². The third-order valence-corrected chi connectivity index (χ3v) is 5.74. The van der Waals surface area contributed by atoms with Gasteiger partial charge < -0.3 is 4.90 Å². The predicted molar refractivity (Wildman–Crippen MR) is 81.5 cm³/mol. The Balaban J connectivity index is 2.03. The van der Waals surface area contributed by atoms with Crippen molar-refractivity contribution in [1.82, 2.24) is 4.90 Å². The molecule has 3 nitrogen and oxygen atoms in total. The smallest absolute Gasteiger partial charge is 0.227 e. The van der Waals surface area contributed by atoms with Crippen molar-refractivity contribution >= 4 is 32.6 Å². The van der Waals surface area contributed by atoms with Crippen molar-refractivity contribution in [2.75, 3.05) is 18.8 Å². The lowest BCUT2D eigenvalue weighted by Gasteiger charge is -2.37. The van der Waals surface area contributed by atoms with E-state index in [9.17, 15) is 9.00 Å². The quantitative estimate of drug-likeness (QED) is 0.826. The van der Waals surface area contributed by atoms with Crippen LogP contribution in [0.3, 0.4) is 0 Å². The van der Waals surface area contributed by atoms with Gasteiger partial charge in [0.25, 0.3) is 0 Å². The van der Waals surface area contributed by atoms with Crippen molar-refractivity contribution in [3.8, 4) is 0 Å². The van der Waals surface area contributed by atoms with Crippen LogP contribution in [-0.2, 0) is 22.0 Å². The molecule has 0 spiro atoms. The van der Waals surface area contributed by atoms with Crippen LogP contribution in [0.5, 0.6) is 0 Å². The second-order valence-electron chi connectivity index (χ2n) is 5.43. The molecule has 1 unspecified atom stereocenters. The molecular formula is C14H18BrNO2S. The van der Waals surface area contributed by atoms with Gasteiger partial charge in [-0.05, 0) is 31.5 Å². The first-order valence-corrected chi connectivity index (χ1v) is 8.40. The maximum absolute atomic E-state index is 12.3. The molecule has 1 atom stereocenters. The molecule has 1 aliphatic heterocycles. The summed E-state index contributed by atoms with van der Waals surface area (Å²) < 4.78 is 12.5. The molecule has 2 rings (SSSR count). The first-order chi connectivity index (χ1) is 8.88. The number of carbonyl (C=O) groups excluding carboxylic acids is 1. The molecule has 1 aliphatic rings. The van der Waals surface area contributed by atoms with Gasteiger partial charge in [0.15, 0.2) is 0 Å². The summed E-state index contributed by atoms with van der Waals surface area (Å²) >= 11 is 3.41. The Morgan fingerprint density at radius 1 is 1.47 bits per heavy atom. The minimum Gasteiger partial charge on any atom is -0.340 e. The minimum atomic E-state index is -0.839. The number of benzene rings is 1. The van der Waals surface area contributed by atoms with Gasteiger partial charge in [-0.25, -0.2) is 0 Å². The average Bonchev–Trinajstić information content (AvgIpc) is 2.32. The summed E-state index contributed by atoms with van der Waals surface area (Å²) in [5.74, 6) is 0.694.